The molecule has 0 atom stereocenters. The zero-order valence-electron chi connectivity index (χ0n) is 13.3. The van der Waals surface area contributed by atoms with E-state index in [2.05, 4.69) is 10.6 Å². The van der Waals surface area contributed by atoms with Gasteiger partial charge >= 0.3 is 0 Å². The van der Waals surface area contributed by atoms with Crippen molar-refractivity contribution in [2.24, 2.45) is 0 Å². The van der Waals surface area contributed by atoms with Crippen molar-refractivity contribution in [3.8, 4) is 0 Å². The van der Waals surface area contributed by atoms with E-state index >= 15 is 0 Å². The highest BCUT2D eigenvalue weighted by Gasteiger charge is 2.42. The fourth-order valence-corrected chi connectivity index (χ4v) is 2.72. The minimum Gasteiger partial charge on any atom is -0.396 e. The largest absolute Gasteiger partial charge is 0.396 e. The Labute approximate surface area is 138 Å². The van der Waals surface area contributed by atoms with Crippen molar-refractivity contribution in [1.29, 1.82) is 0 Å². The maximum atomic E-state index is 14.3. The summed E-state index contributed by atoms with van der Waals surface area (Å²) in [6.45, 7) is 1.75. The summed E-state index contributed by atoms with van der Waals surface area (Å²) in [5.41, 5.74) is 0.708. The van der Waals surface area contributed by atoms with Gasteiger partial charge in [-0.25, -0.2) is 13.2 Å². The molecule has 1 fully saturated rings. The van der Waals surface area contributed by atoms with Gasteiger partial charge in [-0.3, -0.25) is 0 Å². The number of hydrogen-bond acceptors (Lipinski definition) is 3. The van der Waals surface area contributed by atoms with Gasteiger partial charge in [-0.05, 0) is 56.0 Å². The van der Waals surface area contributed by atoms with Gasteiger partial charge in [-0.1, -0.05) is 6.07 Å². The molecule has 0 heterocycles. The molecule has 0 amide bonds. The third kappa shape index (κ3) is 3.33. The van der Waals surface area contributed by atoms with Crippen LogP contribution in [-0.4, -0.2) is 17.3 Å². The Bertz CT molecular complexity index is 760. The van der Waals surface area contributed by atoms with Gasteiger partial charge in [-0.15, -0.1) is 0 Å². The summed E-state index contributed by atoms with van der Waals surface area (Å²) in [5, 5.41) is 15.0. The molecule has 3 rings (SSSR count). The van der Waals surface area contributed by atoms with Crippen LogP contribution in [0.3, 0.4) is 0 Å². The maximum absolute atomic E-state index is 14.3. The number of hydrogen-bond donors (Lipinski definition) is 3. The molecule has 6 heteroatoms. The number of halogens is 3. The summed E-state index contributed by atoms with van der Waals surface area (Å²) in [6.07, 6.45) is 2.19. The minimum atomic E-state index is -1.07. The Kier molecular flexibility index (Phi) is 4.41. The van der Waals surface area contributed by atoms with Crippen LogP contribution in [0.4, 0.5) is 30.2 Å². The molecule has 2 aromatic rings. The van der Waals surface area contributed by atoms with E-state index in [9.17, 15) is 13.2 Å². The molecule has 24 heavy (non-hydrogen) atoms. The lowest BCUT2D eigenvalue weighted by atomic mass is 10.1. The molecule has 0 radical (unpaired) electrons. The highest BCUT2D eigenvalue weighted by molar-refractivity contribution is 5.76. The summed E-state index contributed by atoms with van der Waals surface area (Å²) in [4.78, 5) is 0. The number of aliphatic hydroxyl groups excluding tert-OH is 1. The molecule has 1 aliphatic carbocycles. The van der Waals surface area contributed by atoms with E-state index in [1.54, 1.807) is 13.0 Å². The van der Waals surface area contributed by atoms with Crippen LogP contribution in [0, 0.1) is 24.4 Å². The number of aliphatic hydroxyl groups is 1. The predicted molar refractivity (Wildman–Crippen MR) is 88.1 cm³/mol. The number of aryl methyl sites for hydroxylation is 1. The zero-order valence-corrected chi connectivity index (χ0v) is 13.3. The Morgan fingerprint density at radius 1 is 1.04 bits per heavy atom. The van der Waals surface area contributed by atoms with Gasteiger partial charge in [0, 0.05) is 12.1 Å². The average Bonchev–Trinajstić information content (AvgIpc) is 3.29. The van der Waals surface area contributed by atoms with Crippen LogP contribution in [0.25, 0.3) is 0 Å². The van der Waals surface area contributed by atoms with E-state index in [0.29, 0.717) is 12.1 Å². The van der Waals surface area contributed by atoms with Gasteiger partial charge in [0.15, 0.2) is 11.6 Å². The van der Waals surface area contributed by atoms with Crippen molar-refractivity contribution >= 4 is 17.1 Å². The highest BCUT2D eigenvalue weighted by atomic mass is 19.2. The monoisotopic (exact) mass is 336 g/mol. The Hall–Kier alpha value is -2.21. The molecular weight excluding hydrogens is 317 g/mol. The first-order valence-electron chi connectivity index (χ1n) is 7.84. The van der Waals surface area contributed by atoms with Crippen molar-refractivity contribution in [2.75, 3.05) is 17.2 Å². The Morgan fingerprint density at radius 2 is 1.75 bits per heavy atom. The van der Waals surface area contributed by atoms with Gasteiger partial charge in [0.2, 0.25) is 0 Å². The number of benzene rings is 2. The first kappa shape index (κ1) is 16.6. The molecule has 1 saturated carbocycles. The first-order chi connectivity index (χ1) is 11.4. The molecule has 0 bridgehead atoms. The van der Waals surface area contributed by atoms with E-state index < -0.39 is 17.5 Å². The van der Waals surface area contributed by atoms with Crippen molar-refractivity contribution in [1.82, 2.24) is 0 Å². The molecule has 0 aliphatic heterocycles. The van der Waals surface area contributed by atoms with Crippen LogP contribution in [0.5, 0.6) is 0 Å². The summed E-state index contributed by atoms with van der Waals surface area (Å²) in [6, 6.07) is 6.94. The lowest BCUT2D eigenvalue weighted by Gasteiger charge is -2.21. The number of nitrogens with one attached hydrogen (secondary N) is 2. The predicted octanol–water partition coefficient (Wildman–Crippen LogP) is 4.48. The molecule has 0 saturated heterocycles. The average molecular weight is 336 g/mol. The SMILES string of the molecule is Cc1ccc(Nc2c(NC3(CCO)CC3)ccc(F)c2F)c(F)c1. The van der Waals surface area contributed by atoms with Crippen molar-refractivity contribution in [3.05, 3.63) is 53.3 Å². The minimum absolute atomic E-state index is 0.00598. The summed E-state index contributed by atoms with van der Waals surface area (Å²) in [7, 11) is 0. The molecule has 1 aliphatic rings. The lowest BCUT2D eigenvalue weighted by Crippen LogP contribution is -2.23. The van der Waals surface area contributed by atoms with Crippen molar-refractivity contribution in [2.45, 2.75) is 31.7 Å². The quantitative estimate of drug-likeness (QED) is 0.729. The Balaban J connectivity index is 1.94. The van der Waals surface area contributed by atoms with E-state index in [4.69, 9.17) is 5.11 Å². The fraction of sp³-hybridized carbons (Fsp3) is 0.333. The molecule has 0 aromatic heterocycles. The van der Waals surface area contributed by atoms with Crippen molar-refractivity contribution < 1.29 is 18.3 Å². The molecule has 3 N–H and O–H groups in total. The molecule has 128 valence electrons. The van der Waals surface area contributed by atoms with Crippen LogP contribution in [-0.2, 0) is 0 Å². The van der Waals surface area contributed by atoms with Crippen LogP contribution in [0.2, 0.25) is 0 Å². The maximum Gasteiger partial charge on any atom is 0.184 e. The van der Waals surface area contributed by atoms with Crippen LogP contribution >= 0.6 is 0 Å². The molecular formula is C18H19F3N2O. The van der Waals surface area contributed by atoms with Gasteiger partial charge < -0.3 is 15.7 Å². The topological polar surface area (TPSA) is 44.3 Å². The van der Waals surface area contributed by atoms with Crippen LogP contribution in [0.15, 0.2) is 30.3 Å². The molecule has 0 unspecified atom stereocenters. The van der Waals surface area contributed by atoms with E-state index in [0.717, 1.165) is 24.5 Å². The van der Waals surface area contributed by atoms with E-state index in [1.165, 1.54) is 18.2 Å². The second-order valence-corrected chi connectivity index (χ2v) is 6.27. The third-order valence-corrected chi connectivity index (χ3v) is 4.32. The van der Waals surface area contributed by atoms with Crippen molar-refractivity contribution in [3.63, 3.8) is 0 Å². The Morgan fingerprint density at radius 3 is 2.38 bits per heavy atom. The van der Waals surface area contributed by atoms with E-state index in [-0.39, 0.29) is 23.5 Å². The zero-order chi connectivity index (χ0) is 17.3. The van der Waals surface area contributed by atoms with Gasteiger partial charge in [0.25, 0.3) is 0 Å². The summed E-state index contributed by atoms with van der Waals surface area (Å²) < 4.78 is 42.0. The first-order valence-corrected chi connectivity index (χ1v) is 7.84. The highest BCUT2D eigenvalue weighted by Crippen LogP contribution is 2.44. The molecule has 0 spiro atoms. The van der Waals surface area contributed by atoms with Gasteiger partial charge in [0.1, 0.15) is 11.5 Å². The fourth-order valence-electron chi connectivity index (χ4n) is 2.72. The third-order valence-electron chi connectivity index (χ3n) is 4.32. The second kappa shape index (κ2) is 6.36. The van der Waals surface area contributed by atoms with Crippen LogP contribution in [0.1, 0.15) is 24.8 Å². The normalized spacial score (nSPS) is 15.2. The van der Waals surface area contributed by atoms with E-state index in [1.807, 2.05) is 0 Å². The smallest absolute Gasteiger partial charge is 0.184 e. The molecule has 3 nitrogen and oxygen atoms in total. The summed E-state index contributed by atoms with van der Waals surface area (Å²) in [5.74, 6) is -2.62. The van der Waals surface area contributed by atoms with Crippen LogP contribution < -0.4 is 10.6 Å². The number of anilines is 3. The lowest BCUT2D eigenvalue weighted by molar-refractivity contribution is 0.276. The summed E-state index contributed by atoms with van der Waals surface area (Å²) >= 11 is 0. The second-order valence-electron chi connectivity index (χ2n) is 6.27. The van der Waals surface area contributed by atoms with Gasteiger partial charge in [0.05, 0.1) is 11.4 Å². The standard InChI is InChI=1S/C18H19F3N2O/c1-11-2-4-14(13(20)10-11)22-17-15(5-3-12(19)16(17)21)23-18(6-7-18)8-9-24/h2-5,10,22-24H,6-9H2,1H3. The molecule has 2 aromatic carbocycles. The van der Waals surface area contributed by atoms with Gasteiger partial charge in [-0.2, -0.15) is 0 Å². The number of rotatable bonds is 6.